The molecule has 8 nitrogen and oxygen atoms in total. The normalized spacial score (nSPS) is 15.9. The summed E-state index contributed by atoms with van der Waals surface area (Å²) in [5, 5.41) is 2.76. The van der Waals surface area contributed by atoms with Crippen molar-refractivity contribution in [2.75, 3.05) is 32.9 Å². The molecule has 1 aliphatic heterocycles. The number of amides is 1. The predicted molar refractivity (Wildman–Crippen MR) is 109 cm³/mol. The molecular weight excluding hydrogens is 408 g/mol. The van der Waals surface area contributed by atoms with Crippen LogP contribution in [0.15, 0.2) is 59.5 Å². The van der Waals surface area contributed by atoms with Crippen LogP contribution in [0.4, 0.5) is 0 Å². The van der Waals surface area contributed by atoms with Gasteiger partial charge in [0.05, 0.1) is 29.7 Å². The van der Waals surface area contributed by atoms with Crippen molar-refractivity contribution in [1.29, 1.82) is 0 Å². The van der Waals surface area contributed by atoms with Gasteiger partial charge in [-0.05, 0) is 36.8 Å². The summed E-state index contributed by atoms with van der Waals surface area (Å²) in [6, 6.07) is 14.7. The van der Waals surface area contributed by atoms with Gasteiger partial charge in [-0.1, -0.05) is 30.3 Å². The van der Waals surface area contributed by atoms with Gasteiger partial charge in [0.15, 0.2) is 6.61 Å². The molecule has 30 heavy (non-hydrogen) atoms. The Balaban J connectivity index is 1.54. The summed E-state index contributed by atoms with van der Waals surface area (Å²) in [6.07, 6.45) is 0. The number of carbonyl (C=O) groups excluding carboxylic acids is 2. The number of esters is 1. The van der Waals surface area contributed by atoms with E-state index in [1.165, 1.54) is 28.6 Å². The Kier molecular flexibility index (Phi) is 7.20. The molecule has 0 radical (unpaired) electrons. The van der Waals surface area contributed by atoms with E-state index in [9.17, 15) is 18.0 Å². The van der Waals surface area contributed by atoms with Crippen LogP contribution in [0.5, 0.6) is 0 Å². The summed E-state index contributed by atoms with van der Waals surface area (Å²) >= 11 is 0. The van der Waals surface area contributed by atoms with Crippen molar-refractivity contribution in [1.82, 2.24) is 9.62 Å². The molecule has 0 aliphatic carbocycles. The van der Waals surface area contributed by atoms with Crippen LogP contribution in [0, 0.1) is 0 Å². The Morgan fingerprint density at radius 2 is 1.70 bits per heavy atom. The van der Waals surface area contributed by atoms with Gasteiger partial charge >= 0.3 is 5.97 Å². The highest BCUT2D eigenvalue weighted by molar-refractivity contribution is 7.89. The summed E-state index contributed by atoms with van der Waals surface area (Å²) < 4.78 is 36.8. The van der Waals surface area contributed by atoms with Crippen molar-refractivity contribution in [2.45, 2.75) is 17.9 Å². The lowest BCUT2D eigenvalue weighted by Crippen LogP contribution is -2.40. The Bertz CT molecular complexity index is 970. The number of hydrogen-bond acceptors (Lipinski definition) is 6. The van der Waals surface area contributed by atoms with Gasteiger partial charge in [0.25, 0.3) is 5.91 Å². The minimum atomic E-state index is -3.63. The van der Waals surface area contributed by atoms with E-state index in [1.807, 2.05) is 37.3 Å². The zero-order valence-corrected chi connectivity index (χ0v) is 17.4. The zero-order valence-electron chi connectivity index (χ0n) is 16.6. The first-order valence-corrected chi connectivity index (χ1v) is 11.0. The second kappa shape index (κ2) is 9.84. The van der Waals surface area contributed by atoms with Crippen molar-refractivity contribution in [3.05, 3.63) is 65.7 Å². The molecule has 0 spiro atoms. The summed E-state index contributed by atoms with van der Waals surface area (Å²) in [5.41, 5.74) is 1.11. The lowest BCUT2D eigenvalue weighted by atomic mass is 10.1. The number of ether oxygens (including phenoxy) is 2. The van der Waals surface area contributed by atoms with Crippen LogP contribution in [0.3, 0.4) is 0 Å². The monoisotopic (exact) mass is 432 g/mol. The molecule has 160 valence electrons. The Labute approximate surface area is 175 Å². The van der Waals surface area contributed by atoms with Gasteiger partial charge in [-0.3, -0.25) is 4.79 Å². The quantitative estimate of drug-likeness (QED) is 0.669. The Hall–Kier alpha value is -2.75. The number of benzene rings is 2. The number of carbonyl (C=O) groups is 2. The maximum absolute atomic E-state index is 12.6. The first kappa shape index (κ1) is 21.9. The van der Waals surface area contributed by atoms with E-state index >= 15 is 0 Å². The number of nitrogens with zero attached hydrogens (tertiary/aromatic N) is 1. The minimum absolute atomic E-state index is 0.0929. The third kappa shape index (κ3) is 5.44. The molecule has 1 atom stereocenters. The molecule has 1 saturated heterocycles. The lowest BCUT2D eigenvalue weighted by molar-refractivity contribution is -0.124. The smallest absolute Gasteiger partial charge is 0.338 e. The van der Waals surface area contributed by atoms with Crippen molar-refractivity contribution in [3.63, 3.8) is 0 Å². The molecule has 2 aromatic carbocycles. The standard InChI is InChI=1S/C21H24N2O6S/c1-16(17-5-3-2-4-6-17)22-20(24)15-29-21(25)18-7-9-19(10-8-18)30(26,27)23-11-13-28-14-12-23/h2-10,16H,11-15H2,1H3,(H,22,24)/t16-/m0/s1. The number of sulfonamides is 1. The van der Waals surface area contributed by atoms with Crippen LogP contribution in [0.2, 0.25) is 0 Å². The topological polar surface area (TPSA) is 102 Å². The van der Waals surface area contributed by atoms with Gasteiger partial charge < -0.3 is 14.8 Å². The lowest BCUT2D eigenvalue weighted by Gasteiger charge is -2.26. The molecule has 0 aromatic heterocycles. The molecule has 1 N–H and O–H groups in total. The van der Waals surface area contributed by atoms with E-state index in [4.69, 9.17) is 9.47 Å². The van der Waals surface area contributed by atoms with Gasteiger partial charge in [0.1, 0.15) is 0 Å². The number of nitrogens with one attached hydrogen (secondary N) is 1. The van der Waals surface area contributed by atoms with Crippen molar-refractivity contribution < 1.29 is 27.5 Å². The molecular formula is C21H24N2O6S. The van der Waals surface area contributed by atoms with Crippen molar-refractivity contribution in [2.24, 2.45) is 0 Å². The van der Waals surface area contributed by atoms with Gasteiger partial charge in [-0.25, -0.2) is 13.2 Å². The second-order valence-electron chi connectivity index (χ2n) is 6.82. The molecule has 3 rings (SSSR count). The maximum Gasteiger partial charge on any atom is 0.338 e. The summed E-state index contributed by atoms with van der Waals surface area (Å²) in [5.74, 6) is -1.13. The highest BCUT2D eigenvalue weighted by Gasteiger charge is 2.26. The number of hydrogen-bond donors (Lipinski definition) is 1. The van der Waals surface area contributed by atoms with Crippen LogP contribution >= 0.6 is 0 Å². The Morgan fingerprint density at radius 1 is 1.07 bits per heavy atom. The van der Waals surface area contributed by atoms with E-state index in [-0.39, 0.29) is 16.5 Å². The zero-order chi connectivity index (χ0) is 21.6. The SMILES string of the molecule is C[C@H](NC(=O)COC(=O)c1ccc(S(=O)(=O)N2CCOCC2)cc1)c1ccccc1. The van der Waals surface area contributed by atoms with Gasteiger partial charge in [0.2, 0.25) is 10.0 Å². The third-order valence-corrected chi connectivity index (χ3v) is 6.62. The van der Waals surface area contributed by atoms with Gasteiger partial charge in [-0.15, -0.1) is 0 Å². The summed E-state index contributed by atoms with van der Waals surface area (Å²) in [4.78, 5) is 24.3. The molecule has 0 bridgehead atoms. The van der Waals surface area contributed by atoms with Gasteiger partial charge in [-0.2, -0.15) is 4.31 Å². The fourth-order valence-electron chi connectivity index (χ4n) is 3.02. The molecule has 0 saturated carbocycles. The molecule has 9 heteroatoms. The van der Waals surface area contributed by atoms with E-state index in [1.54, 1.807) is 0 Å². The van der Waals surface area contributed by atoms with Crippen LogP contribution in [0.1, 0.15) is 28.9 Å². The highest BCUT2D eigenvalue weighted by atomic mass is 32.2. The van der Waals surface area contributed by atoms with Crippen LogP contribution < -0.4 is 5.32 Å². The first-order chi connectivity index (χ1) is 14.4. The van der Waals surface area contributed by atoms with Crippen molar-refractivity contribution >= 4 is 21.9 Å². The Morgan fingerprint density at radius 3 is 2.33 bits per heavy atom. The van der Waals surface area contributed by atoms with Crippen molar-refractivity contribution in [3.8, 4) is 0 Å². The summed E-state index contributed by atoms with van der Waals surface area (Å²) in [6.45, 7) is 2.71. The maximum atomic E-state index is 12.6. The van der Waals surface area contributed by atoms with E-state index in [2.05, 4.69) is 5.32 Å². The molecule has 1 fully saturated rings. The van der Waals surface area contributed by atoms with E-state index in [0.717, 1.165) is 5.56 Å². The number of morpholine rings is 1. The third-order valence-electron chi connectivity index (χ3n) is 4.71. The fraction of sp³-hybridized carbons (Fsp3) is 0.333. The number of rotatable bonds is 7. The van der Waals surface area contributed by atoms with E-state index in [0.29, 0.717) is 26.3 Å². The second-order valence-corrected chi connectivity index (χ2v) is 8.75. The van der Waals surface area contributed by atoms with Crippen LogP contribution in [-0.4, -0.2) is 57.5 Å². The first-order valence-electron chi connectivity index (χ1n) is 9.57. The van der Waals surface area contributed by atoms with Gasteiger partial charge in [0, 0.05) is 13.1 Å². The summed E-state index contributed by atoms with van der Waals surface area (Å²) in [7, 11) is -3.63. The fourth-order valence-corrected chi connectivity index (χ4v) is 4.43. The van der Waals surface area contributed by atoms with Crippen LogP contribution in [0.25, 0.3) is 0 Å². The molecule has 1 heterocycles. The molecule has 0 unspecified atom stereocenters. The molecule has 1 amide bonds. The molecule has 1 aliphatic rings. The minimum Gasteiger partial charge on any atom is -0.452 e. The average molecular weight is 432 g/mol. The van der Waals surface area contributed by atoms with E-state index < -0.39 is 28.5 Å². The average Bonchev–Trinajstić information content (AvgIpc) is 2.78. The predicted octanol–water partition coefficient (Wildman–Crippen LogP) is 1.74. The van der Waals surface area contributed by atoms with Crippen LogP contribution in [-0.2, 0) is 24.3 Å². The highest BCUT2D eigenvalue weighted by Crippen LogP contribution is 2.18. The largest absolute Gasteiger partial charge is 0.452 e. The molecule has 2 aromatic rings.